The van der Waals surface area contributed by atoms with E-state index in [9.17, 15) is 9.59 Å². The Hall–Kier alpha value is -2.87. The molecule has 1 amide bonds. The quantitative estimate of drug-likeness (QED) is 0.824. The molecule has 0 unspecified atom stereocenters. The Kier molecular flexibility index (Phi) is 5.22. The number of carbonyl (C=O) groups is 2. The second kappa shape index (κ2) is 7.57. The van der Waals surface area contributed by atoms with E-state index in [0.717, 1.165) is 0 Å². The smallest absolute Gasteiger partial charge is 0.305 e. The van der Waals surface area contributed by atoms with Gasteiger partial charge in [0, 0.05) is 25.0 Å². The molecule has 2 heterocycles. The van der Waals surface area contributed by atoms with Crippen LogP contribution in [0.1, 0.15) is 25.3 Å². The minimum atomic E-state index is -0.992. The van der Waals surface area contributed by atoms with Gasteiger partial charge in [0.15, 0.2) is 18.5 Å². The molecule has 136 valence electrons. The number of amides is 1. The lowest BCUT2D eigenvalue weighted by Crippen LogP contribution is -2.40. The molecular formula is C17H16ClN3O5. The molecule has 1 aromatic heterocycles. The van der Waals surface area contributed by atoms with Gasteiger partial charge in [0.2, 0.25) is 0 Å². The SMILES string of the molecule is C[C@@H](Oc1cc2c(cc1Cl)N(CCC(=O)O)C(=O)CO2)c1ncccn1. The molecule has 0 spiro atoms. The minimum Gasteiger partial charge on any atom is -0.481 e. The van der Waals surface area contributed by atoms with Crippen LogP contribution in [-0.2, 0) is 9.59 Å². The Labute approximate surface area is 154 Å². The van der Waals surface area contributed by atoms with Crippen LogP contribution >= 0.6 is 11.6 Å². The normalized spacial score (nSPS) is 14.4. The number of rotatable bonds is 6. The number of ether oxygens (including phenoxy) is 2. The Morgan fingerprint density at radius 3 is 2.85 bits per heavy atom. The molecule has 0 bridgehead atoms. The lowest BCUT2D eigenvalue weighted by Gasteiger charge is -2.30. The first kappa shape index (κ1) is 17.9. The van der Waals surface area contributed by atoms with Gasteiger partial charge >= 0.3 is 5.97 Å². The van der Waals surface area contributed by atoms with Crippen molar-refractivity contribution in [2.45, 2.75) is 19.4 Å². The highest BCUT2D eigenvalue weighted by atomic mass is 35.5. The number of carbonyl (C=O) groups excluding carboxylic acids is 1. The summed E-state index contributed by atoms with van der Waals surface area (Å²) in [5.74, 6) is -0.0583. The van der Waals surface area contributed by atoms with Crippen LogP contribution < -0.4 is 14.4 Å². The van der Waals surface area contributed by atoms with Gasteiger partial charge in [0.25, 0.3) is 5.91 Å². The van der Waals surface area contributed by atoms with E-state index in [2.05, 4.69) is 9.97 Å². The molecule has 2 aromatic rings. The third kappa shape index (κ3) is 3.85. The number of halogens is 1. The molecule has 9 heteroatoms. The van der Waals surface area contributed by atoms with Crippen LogP contribution in [0.5, 0.6) is 11.5 Å². The maximum atomic E-state index is 12.0. The summed E-state index contributed by atoms with van der Waals surface area (Å²) in [7, 11) is 0. The van der Waals surface area contributed by atoms with Crippen molar-refractivity contribution in [1.82, 2.24) is 9.97 Å². The number of aliphatic carboxylic acids is 1. The molecule has 0 saturated carbocycles. The number of fused-ring (bicyclic) bond motifs is 1. The van der Waals surface area contributed by atoms with E-state index >= 15 is 0 Å². The van der Waals surface area contributed by atoms with Crippen molar-refractivity contribution in [3.05, 3.63) is 41.4 Å². The van der Waals surface area contributed by atoms with Gasteiger partial charge in [0.1, 0.15) is 11.5 Å². The van der Waals surface area contributed by atoms with Crippen molar-refractivity contribution in [3.63, 3.8) is 0 Å². The fraction of sp³-hybridized carbons (Fsp3) is 0.294. The van der Waals surface area contributed by atoms with Crippen LogP contribution in [0, 0.1) is 0 Å². The van der Waals surface area contributed by atoms with Crippen molar-refractivity contribution in [2.75, 3.05) is 18.1 Å². The summed E-state index contributed by atoms with van der Waals surface area (Å²) in [6.45, 7) is 1.65. The molecule has 1 aliphatic rings. The summed E-state index contributed by atoms with van der Waals surface area (Å²) in [5, 5.41) is 9.13. The summed E-state index contributed by atoms with van der Waals surface area (Å²) in [6, 6.07) is 4.82. The number of hydrogen-bond acceptors (Lipinski definition) is 6. The van der Waals surface area contributed by atoms with Crippen LogP contribution in [0.3, 0.4) is 0 Å². The summed E-state index contributed by atoms with van der Waals surface area (Å²) >= 11 is 6.29. The number of hydrogen-bond donors (Lipinski definition) is 1. The molecule has 1 N–H and O–H groups in total. The number of benzene rings is 1. The molecule has 3 rings (SSSR count). The third-order valence-corrected chi connectivity index (χ3v) is 4.05. The zero-order valence-corrected chi connectivity index (χ0v) is 14.6. The molecule has 1 aliphatic heterocycles. The number of anilines is 1. The zero-order chi connectivity index (χ0) is 18.7. The molecule has 26 heavy (non-hydrogen) atoms. The zero-order valence-electron chi connectivity index (χ0n) is 13.9. The van der Waals surface area contributed by atoms with Crippen LogP contribution in [-0.4, -0.2) is 40.1 Å². The van der Waals surface area contributed by atoms with Gasteiger partial charge < -0.3 is 19.5 Å². The topological polar surface area (TPSA) is 102 Å². The van der Waals surface area contributed by atoms with E-state index in [1.165, 1.54) is 11.0 Å². The molecule has 0 radical (unpaired) electrons. The van der Waals surface area contributed by atoms with Gasteiger partial charge in [0.05, 0.1) is 17.1 Å². The average Bonchev–Trinajstić information content (AvgIpc) is 2.62. The first-order valence-corrected chi connectivity index (χ1v) is 8.25. The molecule has 1 aromatic carbocycles. The Bertz CT molecular complexity index is 831. The second-order valence-electron chi connectivity index (χ2n) is 5.60. The third-order valence-electron chi connectivity index (χ3n) is 3.76. The molecule has 0 fully saturated rings. The number of nitrogens with zero attached hydrogens (tertiary/aromatic N) is 3. The highest BCUT2D eigenvalue weighted by Crippen LogP contribution is 2.41. The highest BCUT2D eigenvalue weighted by Gasteiger charge is 2.28. The summed E-state index contributed by atoms with van der Waals surface area (Å²) < 4.78 is 11.3. The maximum Gasteiger partial charge on any atom is 0.305 e. The average molecular weight is 378 g/mol. The summed E-state index contributed by atoms with van der Waals surface area (Å²) in [6.07, 6.45) is 2.61. The van der Waals surface area contributed by atoms with E-state index in [4.69, 9.17) is 26.2 Å². The molecule has 8 nitrogen and oxygen atoms in total. The van der Waals surface area contributed by atoms with E-state index in [1.807, 2.05) is 0 Å². The van der Waals surface area contributed by atoms with Crippen molar-refractivity contribution < 1.29 is 24.2 Å². The highest BCUT2D eigenvalue weighted by molar-refractivity contribution is 6.32. The largest absolute Gasteiger partial charge is 0.481 e. The Balaban J connectivity index is 1.85. The predicted molar refractivity (Wildman–Crippen MR) is 92.6 cm³/mol. The monoisotopic (exact) mass is 377 g/mol. The molecular weight excluding hydrogens is 362 g/mol. The number of carboxylic acid groups (broad SMARTS) is 1. The summed E-state index contributed by atoms with van der Waals surface area (Å²) in [4.78, 5) is 32.5. The minimum absolute atomic E-state index is 0.0370. The molecule has 0 aliphatic carbocycles. The Morgan fingerprint density at radius 1 is 1.42 bits per heavy atom. The second-order valence-corrected chi connectivity index (χ2v) is 6.00. The standard InChI is InChI=1S/C17H16ClN3O5/c1-10(17-19-4-2-5-20-17)26-13-8-14-12(7-11(13)18)21(6-3-16(23)24)15(22)9-25-14/h2,4-5,7-8,10H,3,6,9H2,1H3,(H,23,24)/t10-/m1/s1. The first-order chi connectivity index (χ1) is 12.5. The van der Waals surface area contributed by atoms with Gasteiger partial charge in [-0.25, -0.2) is 9.97 Å². The van der Waals surface area contributed by atoms with Gasteiger partial charge in [-0.3, -0.25) is 9.59 Å². The van der Waals surface area contributed by atoms with Crippen molar-refractivity contribution in [3.8, 4) is 11.5 Å². The lowest BCUT2D eigenvalue weighted by atomic mass is 10.2. The van der Waals surface area contributed by atoms with Crippen molar-refractivity contribution >= 4 is 29.2 Å². The summed E-state index contributed by atoms with van der Waals surface area (Å²) in [5.41, 5.74) is 0.420. The van der Waals surface area contributed by atoms with E-state index in [1.54, 1.807) is 31.5 Å². The molecule has 0 saturated heterocycles. The fourth-order valence-corrected chi connectivity index (χ4v) is 2.71. The van der Waals surface area contributed by atoms with Crippen LogP contribution in [0.15, 0.2) is 30.6 Å². The van der Waals surface area contributed by atoms with Crippen molar-refractivity contribution in [1.29, 1.82) is 0 Å². The number of aromatic nitrogens is 2. The first-order valence-electron chi connectivity index (χ1n) is 7.88. The van der Waals surface area contributed by atoms with Gasteiger partial charge in [-0.1, -0.05) is 11.6 Å². The van der Waals surface area contributed by atoms with Gasteiger partial charge in [-0.2, -0.15) is 0 Å². The maximum absolute atomic E-state index is 12.0. The molecule has 1 atom stereocenters. The fourth-order valence-electron chi connectivity index (χ4n) is 2.51. The Morgan fingerprint density at radius 2 is 2.15 bits per heavy atom. The van der Waals surface area contributed by atoms with Crippen LogP contribution in [0.2, 0.25) is 5.02 Å². The van der Waals surface area contributed by atoms with Crippen LogP contribution in [0.25, 0.3) is 0 Å². The van der Waals surface area contributed by atoms with Gasteiger partial charge in [-0.15, -0.1) is 0 Å². The van der Waals surface area contributed by atoms with Crippen LogP contribution in [0.4, 0.5) is 5.69 Å². The van der Waals surface area contributed by atoms with E-state index < -0.39 is 12.1 Å². The predicted octanol–water partition coefficient (Wildman–Crippen LogP) is 2.47. The van der Waals surface area contributed by atoms with Gasteiger partial charge in [-0.05, 0) is 19.1 Å². The lowest BCUT2D eigenvalue weighted by molar-refractivity contribution is -0.136. The van der Waals surface area contributed by atoms with E-state index in [0.29, 0.717) is 23.0 Å². The number of carboxylic acids is 1. The van der Waals surface area contributed by atoms with E-state index in [-0.39, 0.29) is 30.5 Å². The van der Waals surface area contributed by atoms with Crippen molar-refractivity contribution in [2.24, 2.45) is 0 Å².